The van der Waals surface area contributed by atoms with Gasteiger partial charge in [-0.25, -0.2) is 0 Å². The number of thioether (sulfide) groups is 1. The van der Waals surface area contributed by atoms with Gasteiger partial charge in [0.25, 0.3) is 5.91 Å². The molecule has 19 heavy (non-hydrogen) atoms. The third-order valence-corrected chi connectivity index (χ3v) is 4.04. The SMILES string of the molecule is O=C(NC[C@H]1CCOC1)c1ccc(SCCO)cc1. The van der Waals surface area contributed by atoms with Crippen LogP contribution < -0.4 is 5.32 Å². The zero-order valence-electron chi connectivity index (χ0n) is 10.8. The summed E-state index contributed by atoms with van der Waals surface area (Å²) in [5.41, 5.74) is 0.673. The number of hydrogen-bond donors (Lipinski definition) is 2. The van der Waals surface area contributed by atoms with E-state index in [2.05, 4.69) is 5.32 Å². The van der Waals surface area contributed by atoms with Crippen molar-refractivity contribution in [1.29, 1.82) is 0 Å². The Bertz CT molecular complexity index is 402. The van der Waals surface area contributed by atoms with Gasteiger partial charge in [-0.1, -0.05) is 0 Å². The number of amides is 1. The lowest BCUT2D eigenvalue weighted by Gasteiger charge is -2.09. The Labute approximate surface area is 117 Å². The van der Waals surface area contributed by atoms with Gasteiger partial charge in [-0.05, 0) is 30.7 Å². The summed E-state index contributed by atoms with van der Waals surface area (Å²) in [6, 6.07) is 7.46. The predicted octanol–water partition coefficient (Wildman–Crippen LogP) is 1.54. The third-order valence-electron chi connectivity index (χ3n) is 3.05. The van der Waals surface area contributed by atoms with Gasteiger partial charge in [0, 0.05) is 35.3 Å². The fourth-order valence-corrected chi connectivity index (χ4v) is 2.60. The van der Waals surface area contributed by atoms with E-state index in [1.54, 1.807) is 11.8 Å². The smallest absolute Gasteiger partial charge is 0.251 e. The van der Waals surface area contributed by atoms with Crippen molar-refractivity contribution in [2.75, 3.05) is 32.1 Å². The molecule has 1 aromatic carbocycles. The Morgan fingerprint density at radius 3 is 2.84 bits per heavy atom. The van der Waals surface area contributed by atoms with Gasteiger partial charge >= 0.3 is 0 Å². The van der Waals surface area contributed by atoms with Gasteiger partial charge < -0.3 is 15.2 Å². The summed E-state index contributed by atoms with van der Waals surface area (Å²) in [7, 11) is 0. The molecule has 1 aliphatic heterocycles. The lowest BCUT2D eigenvalue weighted by atomic mass is 10.1. The monoisotopic (exact) mass is 281 g/mol. The maximum absolute atomic E-state index is 11.9. The number of benzene rings is 1. The first kappa shape index (κ1) is 14.4. The van der Waals surface area contributed by atoms with Gasteiger partial charge in [0.1, 0.15) is 0 Å². The average Bonchev–Trinajstić information content (AvgIpc) is 2.96. The normalized spacial score (nSPS) is 18.5. The van der Waals surface area contributed by atoms with E-state index in [1.807, 2.05) is 24.3 Å². The number of carbonyl (C=O) groups excluding carboxylic acids is 1. The largest absolute Gasteiger partial charge is 0.396 e. The average molecular weight is 281 g/mol. The Kier molecular flexibility index (Phi) is 5.69. The van der Waals surface area contributed by atoms with Crippen molar-refractivity contribution in [2.45, 2.75) is 11.3 Å². The van der Waals surface area contributed by atoms with Crippen LogP contribution >= 0.6 is 11.8 Å². The summed E-state index contributed by atoms with van der Waals surface area (Å²) in [5.74, 6) is 1.08. The van der Waals surface area contributed by atoms with E-state index in [9.17, 15) is 4.79 Å². The fraction of sp³-hybridized carbons (Fsp3) is 0.500. The second kappa shape index (κ2) is 7.53. The first-order valence-corrected chi connectivity index (χ1v) is 7.48. The molecule has 1 amide bonds. The lowest BCUT2D eigenvalue weighted by Crippen LogP contribution is -2.29. The van der Waals surface area contributed by atoms with Crippen LogP contribution in [0.25, 0.3) is 0 Å². The lowest BCUT2D eigenvalue weighted by molar-refractivity contribution is 0.0945. The Morgan fingerprint density at radius 2 is 2.21 bits per heavy atom. The highest BCUT2D eigenvalue weighted by Gasteiger charge is 2.16. The summed E-state index contributed by atoms with van der Waals surface area (Å²) >= 11 is 1.58. The molecule has 5 heteroatoms. The van der Waals surface area contributed by atoms with Crippen LogP contribution in [0, 0.1) is 5.92 Å². The number of nitrogens with one attached hydrogen (secondary N) is 1. The summed E-state index contributed by atoms with van der Waals surface area (Å²) in [6.07, 6.45) is 1.02. The van der Waals surface area contributed by atoms with E-state index in [4.69, 9.17) is 9.84 Å². The minimum atomic E-state index is -0.0365. The number of aliphatic hydroxyl groups excluding tert-OH is 1. The highest BCUT2D eigenvalue weighted by Crippen LogP contribution is 2.18. The Hall–Kier alpha value is -1.04. The molecule has 0 aromatic heterocycles. The van der Waals surface area contributed by atoms with E-state index < -0.39 is 0 Å². The predicted molar refractivity (Wildman–Crippen MR) is 75.5 cm³/mol. The van der Waals surface area contributed by atoms with Crippen LogP contribution in [0.1, 0.15) is 16.8 Å². The molecule has 2 N–H and O–H groups in total. The van der Waals surface area contributed by atoms with Crippen molar-refractivity contribution < 1.29 is 14.6 Å². The second-order valence-corrected chi connectivity index (χ2v) is 5.70. The van der Waals surface area contributed by atoms with Crippen molar-refractivity contribution in [3.05, 3.63) is 29.8 Å². The van der Waals surface area contributed by atoms with Crippen molar-refractivity contribution in [3.8, 4) is 0 Å². The molecule has 1 saturated heterocycles. The number of aliphatic hydroxyl groups is 1. The van der Waals surface area contributed by atoms with Crippen molar-refractivity contribution in [2.24, 2.45) is 5.92 Å². The third kappa shape index (κ3) is 4.53. The van der Waals surface area contributed by atoms with Crippen molar-refractivity contribution in [3.63, 3.8) is 0 Å². The molecule has 1 heterocycles. The van der Waals surface area contributed by atoms with Crippen LogP contribution in [0.4, 0.5) is 0 Å². The van der Waals surface area contributed by atoms with Gasteiger partial charge in [0.05, 0.1) is 13.2 Å². The van der Waals surface area contributed by atoms with E-state index in [1.165, 1.54) is 0 Å². The maximum atomic E-state index is 11.9. The Morgan fingerprint density at radius 1 is 1.42 bits per heavy atom. The molecular weight excluding hydrogens is 262 g/mol. The first-order chi connectivity index (χ1) is 9.29. The minimum absolute atomic E-state index is 0.0365. The maximum Gasteiger partial charge on any atom is 0.251 e. The second-order valence-electron chi connectivity index (χ2n) is 4.54. The molecule has 4 nitrogen and oxygen atoms in total. The molecule has 1 atom stereocenters. The quantitative estimate of drug-likeness (QED) is 0.777. The molecule has 1 aromatic rings. The number of hydrogen-bond acceptors (Lipinski definition) is 4. The summed E-state index contributed by atoms with van der Waals surface area (Å²) in [6.45, 7) is 2.39. The molecule has 0 saturated carbocycles. The molecule has 104 valence electrons. The van der Waals surface area contributed by atoms with Gasteiger partial charge in [-0.2, -0.15) is 0 Å². The van der Waals surface area contributed by atoms with Crippen molar-refractivity contribution in [1.82, 2.24) is 5.32 Å². The van der Waals surface area contributed by atoms with Gasteiger partial charge in [0.2, 0.25) is 0 Å². The van der Waals surface area contributed by atoms with Gasteiger partial charge in [0.15, 0.2) is 0 Å². The Balaban J connectivity index is 1.81. The molecule has 0 radical (unpaired) electrons. The topological polar surface area (TPSA) is 58.6 Å². The van der Waals surface area contributed by atoms with Crippen LogP contribution in [0.2, 0.25) is 0 Å². The van der Waals surface area contributed by atoms with E-state index in [0.717, 1.165) is 24.5 Å². The summed E-state index contributed by atoms with van der Waals surface area (Å²) < 4.78 is 5.27. The van der Waals surface area contributed by atoms with Crippen LogP contribution in [-0.2, 0) is 4.74 Å². The van der Waals surface area contributed by atoms with Crippen LogP contribution in [0.3, 0.4) is 0 Å². The molecule has 1 aliphatic rings. The molecule has 1 fully saturated rings. The summed E-state index contributed by atoms with van der Waals surface area (Å²) in [5, 5.41) is 11.7. The molecule has 0 spiro atoms. The molecule has 0 unspecified atom stereocenters. The zero-order chi connectivity index (χ0) is 13.5. The van der Waals surface area contributed by atoms with Crippen molar-refractivity contribution >= 4 is 17.7 Å². The standard InChI is InChI=1S/C14H19NO3S/c16-6-8-19-13-3-1-12(2-4-13)14(17)15-9-11-5-7-18-10-11/h1-4,11,16H,5-10H2,(H,15,17)/t11-/m1/s1. The van der Waals surface area contributed by atoms with Crippen LogP contribution in [0.5, 0.6) is 0 Å². The number of rotatable bonds is 6. The number of carbonyl (C=O) groups is 1. The van der Waals surface area contributed by atoms with E-state index >= 15 is 0 Å². The summed E-state index contributed by atoms with van der Waals surface area (Å²) in [4.78, 5) is 13.0. The first-order valence-electron chi connectivity index (χ1n) is 6.49. The van der Waals surface area contributed by atoms with Crippen LogP contribution in [0.15, 0.2) is 29.2 Å². The molecule has 2 rings (SSSR count). The highest BCUT2D eigenvalue weighted by molar-refractivity contribution is 7.99. The van der Waals surface area contributed by atoms with Gasteiger partial charge in [-0.15, -0.1) is 11.8 Å². The van der Waals surface area contributed by atoms with Crippen LogP contribution in [-0.4, -0.2) is 43.1 Å². The molecule has 0 bridgehead atoms. The van der Waals surface area contributed by atoms with E-state index in [0.29, 0.717) is 23.8 Å². The fourth-order valence-electron chi connectivity index (χ4n) is 1.95. The van der Waals surface area contributed by atoms with E-state index in [-0.39, 0.29) is 12.5 Å². The number of ether oxygens (including phenoxy) is 1. The highest BCUT2D eigenvalue weighted by atomic mass is 32.2. The minimum Gasteiger partial charge on any atom is -0.396 e. The zero-order valence-corrected chi connectivity index (χ0v) is 11.6. The van der Waals surface area contributed by atoms with Gasteiger partial charge in [-0.3, -0.25) is 4.79 Å². The molecule has 0 aliphatic carbocycles. The molecular formula is C14H19NO3S.